The lowest BCUT2D eigenvalue weighted by atomic mass is 9.88. The Morgan fingerprint density at radius 3 is 0.920 bits per heavy atom. The van der Waals surface area contributed by atoms with Crippen LogP contribution in [0, 0.1) is 0 Å². The van der Waals surface area contributed by atoms with Gasteiger partial charge in [-0.2, -0.15) is 0 Å². The highest BCUT2D eigenvalue weighted by atomic mass is 16.6. The Morgan fingerprint density at radius 2 is 0.659 bits per heavy atom. The fourth-order valence-corrected chi connectivity index (χ4v) is 13.3. The van der Waals surface area contributed by atoms with Gasteiger partial charge in [0, 0.05) is 70.0 Å². The lowest BCUT2D eigenvalue weighted by Gasteiger charge is -2.51. The van der Waals surface area contributed by atoms with Crippen LogP contribution >= 0.6 is 0 Å². The molecule has 12 amide bonds. The minimum absolute atomic E-state index is 0.0347. The summed E-state index contributed by atoms with van der Waals surface area (Å²) >= 11 is 0. The molecule has 0 radical (unpaired) electrons. The Hall–Kier alpha value is -10.7. The normalized spacial score (nSPS) is 22.5. The first kappa shape index (κ1) is 59.1. The fraction of sp³-hybridized carbons (Fsp3) is 0.379. The predicted octanol–water partition coefficient (Wildman–Crippen LogP) is 3.77. The minimum Gasteiger partial charge on any atom is -0.496 e. The highest BCUT2D eigenvalue weighted by molar-refractivity contribution is 6.14. The van der Waals surface area contributed by atoms with E-state index in [1.54, 1.807) is 0 Å². The monoisotopic (exact) mass is 1210 g/mol. The van der Waals surface area contributed by atoms with Gasteiger partial charge in [0.15, 0.2) is 0 Å². The summed E-state index contributed by atoms with van der Waals surface area (Å²) in [6.07, 6.45) is 0. The van der Waals surface area contributed by atoms with Crippen LogP contribution < -0.4 is 30.7 Å². The van der Waals surface area contributed by atoms with Gasteiger partial charge >= 0.3 is 48.0 Å². The van der Waals surface area contributed by atoms with Crippen molar-refractivity contribution in [3.63, 3.8) is 0 Å². The van der Waals surface area contributed by atoms with Gasteiger partial charge in [-0.15, -0.1) is 0 Å². The molecule has 460 valence electrons. The van der Waals surface area contributed by atoms with Crippen molar-refractivity contribution in [1.82, 2.24) is 39.2 Å². The first-order valence-electron chi connectivity index (χ1n) is 28.0. The van der Waals surface area contributed by atoms with E-state index >= 15 is 38.4 Å². The number of carbonyl (C=O) groups excluding carboxylic acids is 12. The van der Waals surface area contributed by atoms with E-state index in [-0.39, 0.29) is 68.1 Å². The molecule has 0 aliphatic carbocycles. The van der Waals surface area contributed by atoms with Crippen LogP contribution in [0.15, 0.2) is 72.8 Å². The van der Waals surface area contributed by atoms with Crippen LogP contribution in [-0.2, 0) is 73.9 Å². The fourth-order valence-electron chi connectivity index (χ4n) is 13.3. The third-order valence-electron chi connectivity index (χ3n) is 16.7. The highest BCUT2D eigenvalue weighted by Crippen LogP contribution is 2.62. The van der Waals surface area contributed by atoms with Crippen LogP contribution in [0.2, 0.25) is 0 Å². The number of hydrogen-bond donors (Lipinski definition) is 4. The lowest BCUT2D eigenvalue weighted by Crippen LogP contribution is -2.81. The summed E-state index contributed by atoms with van der Waals surface area (Å²) in [5, 5.41) is 10.9. The van der Waals surface area contributed by atoms with Gasteiger partial charge in [-0.3, -0.25) is 58.4 Å². The van der Waals surface area contributed by atoms with Crippen molar-refractivity contribution in [3.05, 3.63) is 106 Å². The van der Waals surface area contributed by atoms with Crippen LogP contribution in [0.3, 0.4) is 0 Å². The number of fused-ring (bicyclic) bond motifs is 2. The summed E-state index contributed by atoms with van der Waals surface area (Å²) in [4.78, 5) is 187. The van der Waals surface area contributed by atoms with Gasteiger partial charge in [0.05, 0.1) is 66.8 Å². The Kier molecular flexibility index (Phi) is 14.6. The second kappa shape index (κ2) is 21.7. The molecule has 7 heterocycles. The third kappa shape index (κ3) is 7.91. The quantitative estimate of drug-likeness (QED) is 0.0916. The number of methoxy groups -OCH3 is 2. The molecular formula is C58H60N12O18. The average Bonchev–Trinajstić information content (AvgIpc) is 1.46. The predicted molar refractivity (Wildman–Crippen MR) is 302 cm³/mol. The second-order valence-electron chi connectivity index (χ2n) is 21.0. The molecule has 0 spiro atoms. The van der Waals surface area contributed by atoms with Crippen LogP contribution in [0.25, 0.3) is 0 Å². The maximum absolute atomic E-state index is 16.4. The van der Waals surface area contributed by atoms with Crippen LogP contribution in [0.4, 0.5) is 41.9 Å². The Bertz CT molecular complexity index is 3500. The molecule has 5 saturated heterocycles. The SMILES string of the molecule is CCOC(=O)[C@@]12N3CN4C(=O)N5Cc6c(NC(=O)c7ccc(NC(C)=O)cc7)ccc(OC)c6CN6C(=O)N(CN1C(=O)N1Cc7c(OC)ccc(NC(=O)c8ccc(NC(C)=O)cc8)c7CN(C3=O)[C@@]12C(=O)OCC)[C@@]4(C(=O)OCC)[C@]56C(=O)OCC. The molecule has 88 heavy (non-hydrogen) atoms. The maximum Gasteiger partial charge on any atom is 0.359 e. The molecule has 0 saturated carbocycles. The number of amides is 12. The van der Waals surface area contributed by atoms with Crippen LogP contribution in [-0.4, -0.2) is 187 Å². The number of urea groups is 4. The van der Waals surface area contributed by atoms with Crippen molar-refractivity contribution >= 4 is 94.4 Å². The van der Waals surface area contributed by atoms with Gasteiger partial charge in [0.2, 0.25) is 11.8 Å². The zero-order valence-corrected chi connectivity index (χ0v) is 48.9. The largest absolute Gasteiger partial charge is 0.496 e. The number of nitrogens with zero attached hydrogens (tertiary/aromatic N) is 8. The Balaban J connectivity index is 1.12. The van der Waals surface area contributed by atoms with E-state index in [2.05, 4.69) is 21.3 Å². The van der Waals surface area contributed by atoms with Crippen LogP contribution in [0.1, 0.15) is 84.5 Å². The topological polar surface area (TPSA) is 334 Å². The first-order valence-corrected chi connectivity index (χ1v) is 28.0. The van der Waals surface area contributed by atoms with Crippen molar-refractivity contribution in [1.29, 1.82) is 0 Å². The molecule has 11 rings (SSSR count). The molecular weight excluding hydrogens is 1150 g/mol. The summed E-state index contributed by atoms with van der Waals surface area (Å²) in [5.74, 6) is -7.52. The van der Waals surface area contributed by atoms with Crippen molar-refractivity contribution in [2.24, 2.45) is 0 Å². The molecule has 30 nitrogen and oxygen atoms in total. The number of anilines is 4. The molecule has 4 aromatic rings. The molecule has 7 aliphatic rings. The van der Waals surface area contributed by atoms with Gasteiger partial charge in [0.1, 0.15) is 24.8 Å². The molecule has 4 aromatic carbocycles. The summed E-state index contributed by atoms with van der Waals surface area (Å²) in [5.41, 5.74) is -10.7. The number of nitrogens with one attached hydrogen (secondary N) is 4. The molecule has 7 aliphatic heterocycles. The Morgan fingerprint density at radius 1 is 0.386 bits per heavy atom. The summed E-state index contributed by atoms with van der Waals surface area (Å²) in [6, 6.07) is 12.6. The van der Waals surface area contributed by atoms with Crippen molar-refractivity contribution < 1.29 is 86.0 Å². The van der Waals surface area contributed by atoms with E-state index < -0.39 is 148 Å². The lowest BCUT2D eigenvalue weighted by molar-refractivity contribution is -0.209. The van der Waals surface area contributed by atoms with Crippen molar-refractivity contribution in [3.8, 4) is 11.5 Å². The standard InChI is InChI=1S/C58H60N12O18/c1-9-85-47(75)55-57(49(77)87-11-3)67-29-68-52(80)64-26-38-40(44(84-8)24-22-42(38)62-46(74)34-15-19-36(20-16-34)60-32(6)72)28-66-54(82)70(58(68,50(78)88-12-4)56(64,66)48(76)86-10-2)30-69(57)53(81)65(55)27-39-37(25-63(55)51(67)79)41(21-23-43(39)83-7)61-45(73)33-13-17-35(18-14-33)59-31(5)71/h13-24H,9-12,25-30H2,1-8H3,(H,59,71)(H,60,72)(H,61,73)(H,62,74)/t55-,56+,57+,58-. The second-order valence-corrected chi connectivity index (χ2v) is 21.0. The van der Waals surface area contributed by atoms with Gasteiger partial charge in [-0.25, -0.2) is 38.4 Å². The molecule has 0 bridgehead atoms. The molecule has 0 aromatic heterocycles. The first-order chi connectivity index (χ1) is 42.1. The number of hydrogen-bond acceptors (Lipinski definition) is 18. The van der Waals surface area contributed by atoms with E-state index in [1.807, 2.05) is 0 Å². The van der Waals surface area contributed by atoms with E-state index in [0.29, 0.717) is 31.0 Å². The molecule has 30 heteroatoms. The summed E-state index contributed by atoms with van der Waals surface area (Å²) < 4.78 is 35.1. The number of carbonyl (C=O) groups is 12. The van der Waals surface area contributed by atoms with Crippen LogP contribution in [0.5, 0.6) is 11.5 Å². The number of benzene rings is 4. The number of ether oxygens (including phenoxy) is 6. The number of esters is 4. The van der Waals surface area contributed by atoms with E-state index in [1.165, 1.54) is 129 Å². The van der Waals surface area contributed by atoms with Crippen molar-refractivity contribution in [2.75, 3.05) is 75.3 Å². The van der Waals surface area contributed by atoms with E-state index in [9.17, 15) is 19.2 Å². The van der Waals surface area contributed by atoms with Gasteiger partial charge in [0.25, 0.3) is 34.5 Å². The molecule has 4 atom stereocenters. The molecule has 0 unspecified atom stereocenters. The Labute approximate surface area is 501 Å². The summed E-state index contributed by atoms with van der Waals surface area (Å²) in [6.45, 7) is 1.12. The minimum atomic E-state index is -3.13. The van der Waals surface area contributed by atoms with Gasteiger partial charge in [-0.1, -0.05) is 0 Å². The maximum atomic E-state index is 16.4. The van der Waals surface area contributed by atoms with Gasteiger partial charge in [-0.05, 0) is 100 Å². The zero-order valence-electron chi connectivity index (χ0n) is 48.9. The average molecular weight is 1210 g/mol. The van der Waals surface area contributed by atoms with E-state index in [4.69, 9.17) is 28.4 Å². The van der Waals surface area contributed by atoms with Gasteiger partial charge < -0.3 is 49.7 Å². The zero-order chi connectivity index (χ0) is 63.1. The molecule has 4 N–H and O–H groups in total. The third-order valence-corrected chi connectivity index (χ3v) is 16.7. The smallest absolute Gasteiger partial charge is 0.359 e. The van der Waals surface area contributed by atoms with E-state index in [0.717, 1.165) is 19.6 Å². The number of rotatable bonds is 16. The summed E-state index contributed by atoms with van der Waals surface area (Å²) in [7, 11) is 2.63. The van der Waals surface area contributed by atoms with Crippen molar-refractivity contribution in [2.45, 2.75) is 90.4 Å². The molecule has 5 fully saturated rings. The highest BCUT2D eigenvalue weighted by Gasteiger charge is 2.93.